The van der Waals surface area contributed by atoms with Gasteiger partial charge in [-0.25, -0.2) is 0 Å². The van der Waals surface area contributed by atoms with Crippen LogP contribution in [0.4, 0.5) is 0 Å². The topological polar surface area (TPSA) is 87.5 Å². The number of rotatable bonds is 22. The van der Waals surface area contributed by atoms with E-state index in [1.165, 1.54) is 57.8 Å². The largest absolute Gasteiger partial charge is 0.396 e. The fraction of sp³-hybridized carbons (Fsp3) is 0.562. The van der Waals surface area contributed by atoms with E-state index in [0.29, 0.717) is 19.6 Å². The van der Waals surface area contributed by atoms with Crippen molar-refractivity contribution >= 4 is 0 Å². The van der Waals surface area contributed by atoms with Crippen molar-refractivity contribution in [3.63, 3.8) is 0 Å². The van der Waals surface area contributed by atoms with Gasteiger partial charge in [0.05, 0.1) is 38.1 Å². The van der Waals surface area contributed by atoms with Gasteiger partial charge in [-0.05, 0) is 35.9 Å². The zero-order valence-electron chi connectivity index (χ0n) is 23.2. The summed E-state index contributed by atoms with van der Waals surface area (Å²) in [5.74, 6) is 0. The van der Waals surface area contributed by atoms with E-state index in [4.69, 9.17) is 15.0 Å². The quantitative estimate of drug-likeness (QED) is 0.0552. The molecule has 0 aliphatic heterocycles. The molecule has 6 nitrogen and oxygen atoms in total. The number of azide groups is 1. The van der Waals surface area contributed by atoms with Gasteiger partial charge in [0, 0.05) is 4.91 Å². The fourth-order valence-corrected chi connectivity index (χ4v) is 4.50. The molecule has 2 aromatic carbocycles. The first-order valence-electron chi connectivity index (χ1n) is 14.4. The van der Waals surface area contributed by atoms with Gasteiger partial charge in [-0.15, -0.1) is 0 Å². The van der Waals surface area contributed by atoms with Crippen molar-refractivity contribution in [1.82, 2.24) is 0 Å². The van der Waals surface area contributed by atoms with E-state index in [2.05, 4.69) is 29.1 Å². The Labute approximate surface area is 229 Å². The lowest BCUT2D eigenvalue weighted by Gasteiger charge is -2.30. The summed E-state index contributed by atoms with van der Waals surface area (Å²) in [6.45, 7) is 2.71. The molecule has 0 saturated carbocycles. The number of unbranched alkanes of at least 4 members (excludes halogenated alkanes) is 9. The van der Waals surface area contributed by atoms with Gasteiger partial charge in [-0.1, -0.05) is 136 Å². The number of hydrogen-bond donors (Lipinski definition) is 1. The third-order valence-electron chi connectivity index (χ3n) is 6.73. The number of hydrogen-bond acceptors (Lipinski definition) is 4. The number of ether oxygens (including phenoxy) is 2. The van der Waals surface area contributed by atoms with Crippen molar-refractivity contribution in [1.29, 1.82) is 0 Å². The van der Waals surface area contributed by atoms with E-state index in [9.17, 15) is 5.11 Å². The van der Waals surface area contributed by atoms with Gasteiger partial charge >= 0.3 is 0 Å². The van der Waals surface area contributed by atoms with Gasteiger partial charge in [0.25, 0.3) is 0 Å². The highest BCUT2D eigenvalue weighted by Gasteiger charge is 2.30. The maximum Gasteiger partial charge on any atom is 0.0951 e. The summed E-state index contributed by atoms with van der Waals surface area (Å²) in [6.07, 6.45) is 16.9. The molecular weight excluding hydrogens is 474 g/mol. The number of benzene rings is 2. The van der Waals surface area contributed by atoms with Crippen molar-refractivity contribution in [2.24, 2.45) is 5.11 Å². The van der Waals surface area contributed by atoms with E-state index < -0.39 is 12.1 Å². The van der Waals surface area contributed by atoms with Crippen LogP contribution >= 0.6 is 0 Å². The molecule has 1 N–H and O–H groups in total. The molecule has 0 aromatic heterocycles. The predicted molar refractivity (Wildman–Crippen MR) is 156 cm³/mol. The zero-order valence-corrected chi connectivity index (χ0v) is 23.2. The van der Waals surface area contributed by atoms with Gasteiger partial charge in [0.2, 0.25) is 0 Å². The maximum atomic E-state index is 10.0. The van der Waals surface area contributed by atoms with E-state index in [1.54, 1.807) is 0 Å². The van der Waals surface area contributed by atoms with Crippen LogP contribution in [0.5, 0.6) is 0 Å². The lowest BCUT2D eigenvalue weighted by molar-refractivity contribution is -0.0988. The Balaban J connectivity index is 1.95. The molecule has 0 radical (unpaired) electrons. The molecule has 0 bridgehead atoms. The Morgan fingerprint density at radius 3 is 1.89 bits per heavy atom. The van der Waals surface area contributed by atoms with Crippen LogP contribution in [0.25, 0.3) is 10.4 Å². The van der Waals surface area contributed by atoms with Crippen molar-refractivity contribution in [2.45, 2.75) is 109 Å². The third-order valence-corrected chi connectivity index (χ3v) is 6.73. The van der Waals surface area contributed by atoms with Gasteiger partial charge in [-0.3, -0.25) is 0 Å². The molecule has 0 heterocycles. The number of nitrogens with zero attached hydrogens (tertiary/aromatic N) is 3. The summed E-state index contributed by atoms with van der Waals surface area (Å²) < 4.78 is 12.6. The average molecular weight is 522 g/mol. The van der Waals surface area contributed by atoms with Crippen LogP contribution in [0.2, 0.25) is 0 Å². The summed E-state index contributed by atoms with van der Waals surface area (Å²) in [5, 5.41) is 13.9. The van der Waals surface area contributed by atoms with E-state index >= 15 is 0 Å². The highest BCUT2D eigenvalue weighted by molar-refractivity contribution is 5.14. The molecule has 38 heavy (non-hydrogen) atoms. The van der Waals surface area contributed by atoms with Crippen molar-refractivity contribution < 1.29 is 14.6 Å². The Morgan fingerprint density at radius 1 is 0.789 bits per heavy atom. The van der Waals surface area contributed by atoms with E-state index in [1.807, 2.05) is 60.7 Å². The van der Waals surface area contributed by atoms with Crippen LogP contribution in [0, 0.1) is 0 Å². The van der Waals surface area contributed by atoms with Crippen LogP contribution in [0.3, 0.4) is 0 Å². The third kappa shape index (κ3) is 13.8. The van der Waals surface area contributed by atoms with Gasteiger partial charge in [0.15, 0.2) is 0 Å². The van der Waals surface area contributed by atoms with E-state index in [0.717, 1.165) is 17.5 Å². The number of aliphatic hydroxyl groups is 1. The van der Waals surface area contributed by atoms with Crippen LogP contribution in [0.1, 0.15) is 88.7 Å². The smallest absolute Gasteiger partial charge is 0.0951 e. The summed E-state index contributed by atoms with van der Waals surface area (Å²) in [4.78, 5) is 2.96. The first kappa shape index (κ1) is 31.6. The summed E-state index contributed by atoms with van der Waals surface area (Å²) >= 11 is 0. The minimum Gasteiger partial charge on any atom is -0.396 e. The van der Waals surface area contributed by atoms with Crippen molar-refractivity contribution in [2.75, 3.05) is 6.61 Å². The maximum absolute atomic E-state index is 10.0. The molecule has 0 aliphatic carbocycles. The van der Waals surface area contributed by atoms with Crippen LogP contribution < -0.4 is 0 Å². The SMILES string of the molecule is CCCCCCCCCCCC=CC[C@@H](OCc1ccccc1)[C@@H](OCc1ccccc1)[C@H](CO)N=[N+]=[N-]. The molecule has 2 aromatic rings. The minimum absolute atomic E-state index is 0.309. The van der Waals surface area contributed by atoms with Crippen molar-refractivity contribution in [3.8, 4) is 0 Å². The first-order chi connectivity index (χ1) is 18.8. The summed E-state index contributed by atoms with van der Waals surface area (Å²) in [7, 11) is 0. The predicted octanol–water partition coefficient (Wildman–Crippen LogP) is 8.70. The van der Waals surface area contributed by atoms with Gasteiger partial charge in [-0.2, -0.15) is 0 Å². The van der Waals surface area contributed by atoms with Gasteiger partial charge in [0.1, 0.15) is 0 Å². The highest BCUT2D eigenvalue weighted by atomic mass is 16.5. The molecular formula is C32H47N3O3. The zero-order chi connectivity index (χ0) is 27.1. The number of allylic oxidation sites excluding steroid dienone is 1. The molecule has 0 spiro atoms. The fourth-order valence-electron chi connectivity index (χ4n) is 4.50. The van der Waals surface area contributed by atoms with Crippen LogP contribution in [-0.2, 0) is 22.7 Å². The second-order valence-electron chi connectivity index (χ2n) is 9.88. The molecule has 0 amide bonds. The second kappa shape index (κ2) is 21.3. The molecule has 3 atom stereocenters. The minimum atomic E-state index is -0.741. The lowest BCUT2D eigenvalue weighted by atomic mass is 10.0. The molecule has 0 unspecified atom stereocenters. The molecule has 6 heteroatoms. The molecule has 2 rings (SSSR count). The Morgan fingerprint density at radius 2 is 1.34 bits per heavy atom. The van der Waals surface area contributed by atoms with Gasteiger partial charge < -0.3 is 14.6 Å². The standard InChI is InChI=1S/C32H47N3O3/c1-2-3-4-5-6-7-8-9-10-11-12-19-24-31(37-26-28-20-15-13-16-21-28)32(30(25-36)34-35-33)38-27-29-22-17-14-18-23-29/h12-23,30-32,36H,2-11,24-27H2,1H3/t30-,31+,32-/m0/s1. The summed E-state index contributed by atoms with van der Waals surface area (Å²) in [6, 6.07) is 19.1. The van der Waals surface area contributed by atoms with Crippen LogP contribution in [0.15, 0.2) is 77.9 Å². The molecule has 208 valence electrons. The Hall–Kier alpha value is -2.63. The normalized spacial score (nSPS) is 13.7. The van der Waals surface area contributed by atoms with Crippen LogP contribution in [-0.4, -0.2) is 30.0 Å². The molecule has 0 fully saturated rings. The summed E-state index contributed by atoms with van der Waals surface area (Å²) in [5.41, 5.74) is 11.2. The lowest BCUT2D eigenvalue weighted by Crippen LogP contribution is -2.42. The molecule has 0 saturated heterocycles. The highest BCUT2D eigenvalue weighted by Crippen LogP contribution is 2.20. The average Bonchev–Trinajstić information content (AvgIpc) is 2.96. The number of aliphatic hydroxyl groups excluding tert-OH is 1. The monoisotopic (exact) mass is 521 g/mol. The second-order valence-corrected chi connectivity index (χ2v) is 9.88. The van der Waals surface area contributed by atoms with E-state index in [-0.39, 0.29) is 12.7 Å². The molecule has 0 aliphatic rings. The Bertz CT molecular complexity index is 901. The first-order valence-corrected chi connectivity index (χ1v) is 14.4. The Kier molecular flexibility index (Phi) is 17.7. The van der Waals surface area contributed by atoms with Crippen molar-refractivity contribution in [3.05, 3.63) is 94.4 Å².